The average Bonchev–Trinajstić information content (AvgIpc) is 3.77. The van der Waals surface area contributed by atoms with Crippen LogP contribution < -0.4 is 0 Å². The van der Waals surface area contributed by atoms with Gasteiger partial charge in [-0.15, -0.1) is 0 Å². The molecule has 0 aromatic rings. The van der Waals surface area contributed by atoms with Gasteiger partial charge in [0.1, 0.15) is 6.10 Å². The standard InChI is InChI=1S/C33H65O6P/c1-3-5-7-9-11-13-15-16-17-19-21-23-25-27-29-37-40(35,38-31-32-30-36-32)39-33(34)28-26-24-22-20-18-14-12-10-8-6-4-2/h32H,3-31H2,1-2H3. The van der Waals surface area contributed by atoms with Crippen LogP contribution in [0, 0.1) is 0 Å². The lowest BCUT2D eigenvalue weighted by Crippen LogP contribution is -2.10. The number of phosphoric ester groups is 1. The van der Waals surface area contributed by atoms with Crippen molar-refractivity contribution in [3.63, 3.8) is 0 Å². The summed E-state index contributed by atoms with van der Waals surface area (Å²) in [6.07, 6.45) is 31.4. The van der Waals surface area contributed by atoms with Gasteiger partial charge < -0.3 is 9.26 Å². The predicted molar refractivity (Wildman–Crippen MR) is 167 cm³/mol. The molecule has 2 unspecified atom stereocenters. The van der Waals surface area contributed by atoms with Crippen LogP contribution in [-0.2, 0) is 27.7 Å². The van der Waals surface area contributed by atoms with Crippen molar-refractivity contribution < 1.29 is 27.7 Å². The molecule has 0 aromatic carbocycles. The molecule has 40 heavy (non-hydrogen) atoms. The van der Waals surface area contributed by atoms with Crippen molar-refractivity contribution >= 4 is 13.8 Å². The normalized spacial score (nSPS) is 16.2. The molecule has 6 nitrogen and oxygen atoms in total. The molecule has 1 rings (SSSR count). The lowest BCUT2D eigenvalue weighted by atomic mass is 10.0. The van der Waals surface area contributed by atoms with Crippen LogP contribution in [0.1, 0.15) is 181 Å². The maximum atomic E-state index is 13.0. The Morgan fingerprint density at radius 1 is 0.600 bits per heavy atom. The predicted octanol–water partition coefficient (Wildman–Crippen LogP) is 11.3. The van der Waals surface area contributed by atoms with Gasteiger partial charge in [0.25, 0.3) is 0 Å². The molecule has 1 aliphatic rings. The Morgan fingerprint density at radius 2 is 0.975 bits per heavy atom. The van der Waals surface area contributed by atoms with Crippen molar-refractivity contribution in [3.05, 3.63) is 0 Å². The van der Waals surface area contributed by atoms with Crippen LogP contribution in [0.2, 0.25) is 0 Å². The van der Waals surface area contributed by atoms with E-state index in [0.717, 1.165) is 38.5 Å². The smallest absolute Gasteiger partial charge is 0.371 e. The Labute approximate surface area is 248 Å². The van der Waals surface area contributed by atoms with Gasteiger partial charge in [-0.2, -0.15) is 0 Å². The number of phosphoric acid groups is 1. The summed E-state index contributed by atoms with van der Waals surface area (Å²) in [6, 6.07) is 0. The molecule has 0 aromatic heterocycles. The highest BCUT2D eigenvalue weighted by Gasteiger charge is 2.34. The second kappa shape index (κ2) is 27.4. The van der Waals surface area contributed by atoms with Crippen LogP contribution in [0.3, 0.4) is 0 Å². The third-order valence-corrected chi connectivity index (χ3v) is 9.16. The van der Waals surface area contributed by atoms with Crippen LogP contribution in [0.25, 0.3) is 0 Å². The van der Waals surface area contributed by atoms with Gasteiger partial charge in [0.15, 0.2) is 0 Å². The first-order chi connectivity index (χ1) is 19.6. The molecule has 0 amide bonds. The summed E-state index contributed by atoms with van der Waals surface area (Å²) in [6.45, 7) is 5.53. The SMILES string of the molecule is CCCCCCCCCCCCCCCCOP(=O)(OCC1CO1)OC(=O)CCCCCCCCCCCCC. The highest BCUT2D eigenvalue weighted by atomic mass is 31.2. The fourth-order valence-corrected chi connectivity index (χ4v) is 6.23. The van der Waals surface area contributed by atoms with Gasteiger partial charge in [-0.3, -0.25) is 13.8 Å². The first-order valence-electron chi connectivity index (χ1n) is 17.3. The second-order valence-corrected chi connectivity index (χ2v) is 13.5. The van der Waals surface area contributed by atoms with Crippen molar-refractivity contribution in [1.82, 2.24) is 0 Å². The van der Waals surface area contributed by atoms with E-state index < -0.39 is 13.8 Å². The maximum absolute atomic E-state index is 13.0. The van der Waals surface area contributed by atoms with E-state index >= 15 is 0 Å². The molecule has 1 fully saturated rings. The summed E-state index contributed by atoms with van der Waals surface area (Å²) in [4.78, 5) is 12.4. The lowest BCUT2D eigenvalue weighted by molar-refractivity contribution is -0.136. The Hall–Kier alpha value is -0.420. The number of ether oxygens (including phenoxy) is 1. The van der Waals surface area contributed by atoms with Crippen LogP contribution >= 0.6 is 7.82 Å². The van der Waals surface area contributed by atoms with E-state index in [1.807, 2.05) is 0 Å². The first-order valence-corrected chi connectivity index (χ1v) is 18.8. The van der Waals surface area contributed by atoms with E-state index in [1.54, 1.807) is 0 Å². The molecule has 2 atom stereocenters. The fraction of sp³-hybridized carbons (Fsp3) is 0.970. The number of epoxide rings is 1. The Bertz CT molecular complexity index is 610. The molecular weight excluding hydrogens is 523 g/mol. The van der Waals surface area contributed by atoms with Gasteiger partial charge in [0, 0.05) is 6.42 Å². The van der Waals surface area contributed by atoms with Crippen molar-refractivity contribution in [3.8, 4) is 0 Å². The Kier molecular flexibility index (Phi) is 25.8. The van der Waals surface area contributed by atoms with E-state index in [4.69, 9.17) is 18.3 Å². The topological polar surface area (TPSA) is 74.4 Å². The summed E-state index contributed by atoms with van der Waals surface area (Å²) in [5, 5.41) is 0. The molecule has 1 heterocycles. The fourth-order valence-electron chi connectivity index (χ4n) is 5.01. The number of hydrogen-bond acceptors (Lipinski definition) is 6. The van der Waals surface area contributed by atoms with Gasteiger partial charge in [-0.25, -0.2) is 4.57 Å². The number of rotatable bonds is 32. The zero-order valence-electron chi connectivity index (χ0n) is 26.5. The number of carbonyl (C=O) groups is 1. The minimum Gasteiger partial charge on any atom is -0.371 e. The molecular formula is C33H65O6P. The number of carbonyl (C=O) groups excluding carboxylic acids is 1. The molecule has 0 bridgehead atoms. The largest absolute Gasteiger partial charge is 0.532 e. The van der Waals surface area contributed by atoms with E-state index in [0.29, 0.717) is 6.61 Å². The summed E-state index contributed by atoms with van der Waals surface area (Å²) in [5.41, 5.74) is 0. The van der Waals surface area contributed by atoms with Crippen LogP contribution in [-0.4, -0.2) is 31.9 Å². The molecule has 238 valence electrons. The summed E-state index contributed by atoms with van der Waals surface area (Å²) in [5.74, 6) is -0.489. The molecule has 0 N–H and O–H groups in total. The zero-order valence-corrected chi connectivity index (χ0v) is 27.4. The molecule has 0 spiro atoms. The third kappa shape index (κ3) is 25.3. The third-order valence-electron chi connectivity index (χ3n) is 7.77. The quantitative estimate of drug-likeness (QED) is 0.0442. The molecule has 0 radical (unpaired) electrons. The van der Waals surface area contributed by atoms with Crippen molar-refractivity contribution in [2.24, 2.45) is 0 Å². The first kappa shape index (κ1) is 37.6. The monoisotopic (exact) mass is 588 g/mol. The Balaban J connectivity index is 2.04. The molecule has 0 saturated carbocycles. The van der Waals surface area contributed by atoms with Crippen LogP contribution in [0.4, 0.5) is 0 Å². The Morgan fingerprint density at radius 3 is 1.38 bits per heavy atom. The van der Waals surface area contributed by atoms with E-state index in [-0.39, 0.29) is 25.7 Å². The van der Waals surface area contributed by atoms with Crippen LogP contribution in [0.5, 0.6) is 0 Å². The van der Waals surface area contributed by atoms with E-state index in [2.05, 4.69) is 13.8 Å². The van der Waals surface area contributed by atoms with Gasteiger partial charge in [-0.1, -0.05) is 162 Å². The summed E-state index contributed by atoms with van der Waals surface area (Å²) >= 11 is 0. The zero-order chi connectivity index (χ0) is 29.0. The van der Waals surface area contributed by atoms with E-state index in [9.17, 15) is 9.36 Å². The highest BCUT2D eigenvalue weighted by Crippen LogP contribution is 2.50. The van der Waals surface area contributed by atoms with Crippen molar-refractivity contribution in [2.45, 2.75) is 187 Å². The molecule has 0 aliphatic carbocycles. The average molecular weight is 589 g/mol. The van der Waals surface area contributed by atoms with Gasteiger partial charge in [-0.05, 0) is 12.8 Å². The molecule has 1 saturated heterocycles. The minimum absolute atomic E-state index is 0.0664. The molecule has 1 aliphatic heterocycles. The second-order valence-electron chi connectivity index (χ2n) is 11.9. The number of hydrogen-bond donors (Lipinski definition) is 0. The summed E-state index contributed by atoms with van der Waals surface area (Å²) < 4.78 is 34.4. The maximum Gasteiger partial charge on any atom is 0.532 e. The summed E-state index contributed by atoms with van der Waals surface area (Å²) in [7, 11) is -3.89. The lowest BCUT2D eigenvalue weighted by Gasteiger charge is -2.17. The van der Waals surface area contributed by atoms with E-state index in [1.165, 1.54) is 122 Å². The van der Waals surface area contributed by atoms with Crippen molar-refractivity contribution in [1.29, 1.82) is 0 Å². The van der Waals surface area contributed by atoms with Crippen molar-refractivity contribution in [2.75, 3.05) is 19.8 Å². The highest BCUT2D eigenvalue weighted by molar-refractivity contribution is 7.49. The minimum atomic E-state index is -3.89. The van der Waals surface area contributed by atoms with Gasteiger partial charge >= 0.3 is 13.8 Å². The van der Waals surface area contributed by atoms with Gasteiger partial charge in [0.05, 0.1) is 19.8 Å². The van der Waals surface area contributed by atoms with Gasteiger partial charge in [0.2, 0.25) is 0 Å². The molecule has 7 heteroatoms. The van der Waals surface area contributed by atoms with Crippen LogP contribution in [0.15, 0.2) is 0 Å². The number of unbranched alkanes of at least 4 members (excludes halogenated alkanes) is 23.